The Balaban J connectivity index is 0.000000269. The van der Waals surface area contributed by atoms with Gasteiger partial charge in [-0.15, -0.1) is 0 Å². The van der Waals surface area contributed by atoms with Crippen molar-refractivity contribution in [3.63, 3.8) is 0 Å². The van der Waals surface area contributed by atoms with Crippen molar-refractivity contribution in [3.8, 4) is 11.1 Å². The number of hydrogen-bond donors (Lipinski definition) is 0. The summed E-state index contributed by atoms with van der Waals surface area (Å²) >= 11 is 1.64. The monoisotopic (exact) mass is 539 g/mol. The molecule has 0 atom stereocenters. The summed E-state index contributed by atoms with van der Waals surface area (Å²) in [6.45, 7) is 8.74. The Hall–Kier alpha value is -1.40. The Kier molecular flexibility index (Phi) is 12.5. The standard InChI is InChI=1S/C15H14.C11H10.C3H7.2ClH.Zr/c1-2-11-7-8-13-10-12-5-3-4-6-14(12)15(13)9-11;1-9-6-7-10-4-2-3-5-11(10)8-9;1-3-2;;;/h3-9H,2,10H2,1H3;2-8H,1H3;3H,1-2H3;2*1H;/q;;;;;+2/p-2. The smallest absolute Gasteiger partial charge is 0.0181 e. The normalized spacial score (nSPS) is 10.5. The van der Waals surface area contributed by atoms with Crippen molar-refractivity contribution in [1.82, 2.24) is 0 Å². The van der Waals surface area contributed by atoms with E-state index in [2.05, 4.69) is 113 Å². The van der Waals surface area contributed by atoms with Gasteiger partial charge in [-0.2, -0.15) is 0 Å². The van der Waals surface area contributed by atoms with Crippen molar-refractivity contribution in [3.05, 3.63) is 107 Å². The minimum Gasteiger partial charge on any atom is -1.00 e. The van der Waals surface area contributed by atoms with Crippen LogP contribution in [0.1, 0.15) is 43.0 Å². The maximum absolute atomic E-state index is 2.35. The molecule has 0 spiro atoms. The number of benzene rings is 4. The van der Waals surface area contributed by atoms with Crippen LogP contribution in [0.25, 0.3) is 21.9 Å². The zero-order chi connectivity index (χ0) is 21.5. The average Bonchev–Trinajstić information content (AvgIpc) is 3.11. The molecule has 0 unspecified atom stereocenters. The minimum absolute atomic E-state index is 0. The molecule has 0 aromatic heterocycles. The van der Waals surface area contributed by atoms with Gasteiger partial charge in [0.15, 0.2) is 0 Å². The molecule has 165 valence electrons. The van der Waals surface area contributed by atoms with Gasteiger partial charge >= 0.3 is 42.2 Å². The van der Waals surface area contributed by atoms with E-state index in [1.807, 2.05) is 0 Å². The molecule has 0 bridgehead atoms. The average molecular weight is 542 g/mol. The van der Waals surface area contributed by atoms with Crippen molar-refractivity contribution < 1.29 is 49.5 Å². The molecule has 0 saturated heterocycles. The first-order chi connectivity index (χ1) is 14.5. The van der Waals surface area contributed by atoms with E-state index in [-0.39, 0.29) is 24.8 Å². The van der Waals surface area contributed by atoms with Crippen molar-refractivity contribution in [2.45, 2.75) is 44.2 Å². The van der Waals surface area contributed by atoms with Crippen LogP contribution in [0.3, 0.4) is 0 Å². The van der Waals surface area contributed by atoms with Crippen LogP contribution >= 0.6 is 0 Å². The molecule has 0 N–H and O–H groups in total. The molecule has 4 aromatic carbocycles. The maximum Gasteiger partial charge on any atom is -0.0181 e. The van der Waals surface area contributed by atoms with Crippen LogP contribution in [0.4, 0.5) is 0 Å². The summed E-state index contributed by atoms with van der Waals surface area (Å²) in [7, 11) is 0. The van der Waals surface area contributed by atoms with Crippen LogP contribution in [-0.2, 0) is 37.6 Å². The second-order valence-corrected chi connectivity index (χ2v) is 11.0. The molecule has 4 aromatic rings. The van der Waals surface area contributed by atoms with Gasteiger partial charge in [-0.05, 0) is 58.4 Å². The van der Waals surface area contributed by atoms with Gasteiger partial charge in [0, 0.05) is 0 Å². The van der Waals surface area contributed by atoms with Crippen LogP contribution in [0.2, 0.25) is 3.63 Å². The number of rotatable bonds is 1. The molecule has 0 amide bonds. The first-order valence-electron chi connectivity index (χ1n) is 10.8. The molecule has 0 aliphatic heterocycles. The van der Waals surface area contributed by atoms with Crippen molar-refractivity contribution >= 4 is 10.8 Å². The van der Waals surface area contributed by atoms with Gasteiger partial charge in [-0.1, -0.05) is 97.4 Å². The largest absolute Gasteiger partial charge is 1.00 e. The van der Waals surface area contributed by atoms with Gasteiger partial charge in [-0.25, -0.2) is 0 Å². The molecule has 0 nitrogen and oxygen atoms in total. The quantitative estimate of drug-likeness (QED) is 0.306. The van der Waals surface area contributed by atoms with Crippen molar-refractivity contribution in [1.29, 1.82) is 0 Å². The van der Waals surface area contributed by atoms with Gasteiger partial charge in [0.25, 0.3) is 0 Å². The van der Waals surface area contributed by atoms with E-state index in [9.17, 15) is 0 Å². The second kappa shape index (κ2) is 14.0. The third kappa shape index (κ3) is 7.88. The Bertz CT molecular complexity index is 1120. The van der Waals surface area contributed by atoms with Gasteiger partial charge in [0.1, 0.15) is 0 Å². The molecular weight excluding hydrogens is 510 g/mol. The van der Waals surface area contributed by atoms with E-state index in [0.29, 0.717) is 0 Å². The van der Waals surface area contributed by atoms with E-state index >= 15 is 0 Å². The molecule has 0 radical (unpaired) electrons. The number of hydrogen-bond acceptors (Lipinski definition) is 0. The second-order valence-electron chi connectivity index (χ2n) is 8.18. The number of halogens is 2. The van der Waals surface area contributed by atoms with Crippen LogP contribution in [0, 0.1) is 6.92 Å². The summed E-state index contributed by atoms with van der Waals surface area (Å²) in [5.74, 6) is 0. The van der Waals surface area contributed by atoms with Gasteiger partial charge < -0.3 is 24.8 Å². The summed E-state index contributed by atoms with van der Waals surface area (Å²) in [5.41, 5.74) is 8.59. The number of fused-ring (bicyclic) bond motifs is 4. The third-order valence-corrected chi connectivity index (χ3v) is 5.18. The minimum atomic E-state index is 0. The van der Waals surface area contributed by atoms with Crippen LogP contribution in [0.5, 0.6) is 0 Å². The Morgan fingerprint density at radius 2 is 1.31 bits per heavy atom. The van der Waals surface area contributed by atoms with Gasteiger partial charge in [0.2, 0.25) is 0 Å². The molecule has 1 aliphatic rings. The first-order valence-corrected chi connectivity index (χ1v) is 12.3. The van der Waals surface area contributed by atoms with Crippen LogP contribution in [0.15, 0.2) is 84.9 Å². The maximum atomic E-state index is 2.35. The molecule has 5 rings (SSSR count). The summed E-state index contributed by atoms with van der Waals surface area (Å²) < 4.78 is 0.923. The molecule has 0 saturated carbocycles. The molecule has 32 heavy (non-hydrogen) atoms. The SMILES string of the molecule is CCc1ccc2c(c1)-c1ccccc1C2.C[CH](C)[Zr+2].Cc1ccc2ccccc2c1.[Cl-].[Cl-]. The van der Waals surface area contributed by atoms with E-state index in [0.717, 1.165) is 16.5 Å². The fourth-order valence-electron chi connectivity index (χ4n) is 3.70. The van der Waals surface area contributed by atoms with Crippen LogP contribution < -0.4 is 24.8 Å². The molecule has 0 fully saturated rings. The summed E-state index contributed by atoms with van der Waals surface area (Å²) in [6, 6.07) is 30.5. The predicted molar refractivity (Wildman–Crippen MR) is 128 cm³/mol. The third-order valence-electron chi connectivity index (χ3n) is 5.18. The fraction of sp³-hybridized carbons (Fsp3) is 0.241. The van der Waals surface area contributed by atoms with Crippen LogP contribution in [-0.4, -0.2) is 0 Å². The van der Waals surface area contributed by atoms with Crippen molar-refractivity contribution in [2.24, 2.45) is 0 Å². The first kappa shape index (κ1) is 28.6. The molecule has 0 heterocycles. The zero-order valence-electron chi connectivity index (χ0n) is 19.3. The molecule has 1 aliphatic carbocycles. The van der Waals surface area contributed by atoms with Gasteiger partial charge in [0.05, 0.1) is 0 Å². The van der Waals surface area contributed by atoms with E-state index in [1.54, 1.807) is 24.7 Å². The van der Waals surface area contributed by atoms with E-state index in [4.69, 9.17) is 0 Å². The summed E-state index contributed by atoms with van der Waals surface area (Å²) in [4.78, 5) is 0. The summed E-state index contributed by atoms with van der Waals surface area (Å²) in [6.07, 6.45) is 2.23. The number of aryl methyl sites for hydroxylation is 2. The Morgan fingerprint density at radius 3 is 2.00 bits per heavy atom. The fourth-order valence-corrected chi connectivity index (χ4v) is 3.70. The van der Waals surface area contributed by atoms with Crippen molar-refractivity contribution in [2.75, 3.05) is 0 Å². The summed E-state index contributed by atoms with van der Waals surface area (Å²) in [5, 5.41) is 2.64. The topological polar surface area (TPSA) is 0 Å². The van der Waals surface area contributed by atoms with Gasteiger partial charge in [-0.3, -0.25) is 0 Å². The Labute approximate surface area is 221 Å². The molecular formula is C29H31Cl2Zr. The molecule has 3 heteroatoms. The van der Waals surface area contributed by atoms with E-state index < -0.39 is 0 Å². The Morgan fingerprint density at radius 1 is 0.719 bits per heavy atom. The predicted octanol–water partition coefficient (Wildman–Crippen LogP) is 2.34. The van der Waals surface area contributed by atoms with E-state index in [1.165, 1.54) is 44.2 Å². The zero-order valence-corrected chi connectivity index (χ0v) is 23.3.